The summed E-state index contributed by atoms with van der Waals surface area (Å²) in [7, 11) is 0. The number of unbranched alkanes of at least 4 members (excludes halogenated alkanes) is 7. The van der Waals surface area contributed by atoms with Crippen LogP contribution in [0.1, 0.15) is 85.0 Å². The first kappa shape index (κ1) is 26.5. The molecular formula is C27H38O6. The third-order valence-electron chi connectivity index (χ3n) is 5.24. The van der Waals surface area contributed by atoms with E-state index in [0.717, 1.165) is 19.3 Å². The first-order valence-corrected chi connectivity index (χ1v) is 12.3. The summed E-state index contributed by atoms with van der Waals surface area (Å²) < 4.78 is 22.6. The van der Waals surface area contributed by atoms with Crippen LogP contribution in [0.3, 0.4) is 0 Å². The molecule has 33 heavy (non-hydrogen) atoms. The van der Waals surface area contributed by atoms with Gasteiger partial charge in [-0.1, -0.05) is 77.0 Å². The Morgan fingerprint density at radius 2 is 1.61 bits per heavy atom. The Bertz CT molecular complexity index is 944. The van der Waals surface area contributed by atoms with Crippen LogP contribution in [0.2, 0.25) is 0 Å². The summed E-state index contributed by atoms with van der Waals surface area (Å²) >= 11 is 0. The van der Waals surface area contributed by atoms with Gasteiger partial charge in [0.2, 0.25) is 5.75 Å². The number of fused-ring (bicyclic) bond motifs is 1. The van der Waals surface area contributed by atoms with Crippen LogP contribution in [0.4, 0.5) is 0 Å². The highest BCUT2D eigenvalue weighted by Crippen LogP contribution is 2.37. The van der Waals surface area contributed by atoms with E-state index in [1.165, 1.54) is 45.4 Å². The normalized spacial score (nSPS) is 11.2. The fourth-order valence-electron chi connectivity index (χ4n) is 3.58. The molecule has 2 aromatic rings. The summed E-state index contributed by atoms with van der Waals surface area (Å²) in [5.41, 5.74) is -0.464. The van der Waals surface area contributed by atoms with Crippen molar-refractivity contribution in [3.8, 4) is 17.2 Å². The Morgan fingerprint density at radius 3 is 2.30 bits per heavy atom. The van der Waals surface area contributed by atoms with Crippen molar-refractivity contribution in [1.82, 2.24) is 0 Å². The van der Waals surface area contributed by atoms with Crippen molar-refractivity contribution in [2.75, 3.05) is 13.2 Å². The lowest BCUT2D eigenvalue weighted by atomic mass is 10.1. The van der Waals surface area contributed by atoms with Crippen molar-refractivity contribution < 1.29 is 23.4 Å². The van der Waals surface area contributed by atoms with Crippen molar-refractivity contribution in [3.05, 3.63) is 40.8 Å². The fraction of sp³-hybridized carbons (Fsp3) is 0.556. The second kappa shape index (κ2) is 15.1. The van der Waals surface area contributed by atoms with E-state index < -0.39 is 11.6 Å². The van der Waals surface area contributed by atoms with Crippen LogP contribution in [-0.2, 0) is 4.79 Å². The fourth-order valence-corrected chi connectivity index (χ4v) is 3.58. The number of allylic oxidation sites excluding steroid dienone is 1. The summed E-state index contributed by atoms with van der Waals surface area (Å²) in [6.45, 7) is 6.40. The van der Waals surface area contributed by atoms with Crippen LogP contribution in [0.5, 0.6) is 17.2 Å². The lowest BCUT2D eigenvalue weighted by Gasteiger charge is -2.14. The number of hydrogen-bond acceptors (Lipinski definition) is 6. The van der Waals surface area contributed by atoms with Gasteiger partial charge in [0.05, 0.1) is 18.6 Å². The zero-order chi connectivity index (χ0) is 23.9. The maximum absolute atomic E-state index is 12.7. The molecule has 2 rings (SSSR count). The zero-order valence-corrected chi connectivity index (χ0v) is 20.3. The highest BCUT2D eigenvalue weighted by Gasteiger charge is 2.20. The molecule has 1 aromatic heterocycles. The summed E-state index contributed by atoms with van der Waals surface area (Å²) in [4.78, 5) is 24.2. The highest BCUT2D eigenvalue weighted by molar-refractivity contribution is 5.91. The van der Waals surface area contributed by atoms with E-state index in [2.05, 4.69) is 19.9 Å². The van der Waals surface area contributed by atoms with Gasteiger partial charge in [0.15, 0.2) is 17.1 Å². The third kappa shape index (κ3) is 8.95. The van der Waals surface area contributed by atoms with E-state index in [1.54, 1.807) is 18.2 Å². The van der Waals surface area contributed by atoms with Crippen molar-refractivity contribution in [2.24, 2.45) is 0 Å². The second-order valence-corrected chi connectivity index (χ2v) is 8.11. The number of hydrogen-bond donors (Lipinski definition) is 0. The number of carbonyl (C=O) groups excluding carboxylic acids is 1. The predicted molar refractivity (Wildman–Crippen MR) is 131 cm³/mol. The SMILES string of the molecule is CCC=CCCOc1c(OCCCCCCCCCC)c2cccc(OC(C)=O)c2oc1=O. The molecule has 1 aromatic carbocycles. The van der Waals surface area contributed by atoms with E-state index in [0.29, 0.717) is 30.8 Å². The van der Waals surface area contributed by atoms with Gasteiger partial charge >= 0.3 is 11.6 Å². The second-order valence-electron chi connectivity index (χ2n) is 8.11. The van der Waals surface area contributed by atoms with Crippen molar-refractivity contribution in [2.45, 2.75) is 85.0 Å². The van der Waals surface area contributed by atoms with Gasteiger partial charge in [-0.05, 0) is 31.4 Å². The lowest BCUT2D eigenvalue weighted by molar-refractivity contribution is -0.131. The largest absolute Gasteiger partial charge is 0.489 e. The quantitative estimate of drug-likeness (QED) is 0.0888. The zero-order valence-electron chi connectivity index (χ0n) is 20.3. The minimum Gasteiger partial charge on any atom is -0.489 e. The molecule has 0 bridgehead atoms. The van der Waals surface area contributed by atoms with E-state index in [9.17, 15) is 9.59 Å². The maximum Gasteiger partial charge on any atom is 0.383 e. The average molecular weight is 459 g/mol. The van der Waals surface area contributed by atoms with Gasteiger partial charge in [-0.2, -0.15) is 0 Å². The number of carbonyl (C=O) groups is 1. The summed E-state index contributed by atoms with van der Waals surface area (Å²) in [5, 5.41) is 0.548. The summed E-state index contributed by atoms with van der Waals surface area (Å²) in [5.74, 6) is 0.102. The molecule has 0 amide bonds. The van der Waals surface area contributed by atoms with Gasteiger partial charge in [-0.25, -0.2) is 4.79 Å². The van der Waals surface area contributed by atoms with Crippen LogP contribution < -0.4 is 19.8 Å². The molecule has 0 saturated heterocycles. The lowest BCUT2D eigenvalue weighted by Crippen LogP contribution is -2.12. The monoisotopic (exact) mass is 458 g/mol. The van der Waals surface area contributed by atoms with Gasteiger partial charge in [0, 0.05) is 6.92 Å². The molecule has 182 valence electrons. The molecule has 0 aliphatic carbocycles. The molecule has 0 radical (unpaired) electrons. The number of benzene rings is 1. The van der Waals surface area contributed by atoms with Gasteiger partial charge in [-0.3, -0.25) is 4.79 Å². The first-order chi connectivity index (χ1) is 16.1. The Kier molecular flexibility index (Phi) is 12.2. The van der Waals surface area contributed by atoms with E-state index in [1.807, 2.05) is 6.08 Å². The predicted octanol–water partition coefficient (Wildman–Crippen LogP) is 6.97. The van der Waals surface area contributed by atoms with Crippen LogP contribution in [0.25, 0.3) is 11.0 Å². The summed E-state index contributed by atoms with van der Waals surface area (Å²) in [6, 6.07) is 5.10. The number of esters is 1. The molecule has 0 atom stereocenters. The minimum absolute atomic E-state index is 0.0620. The van der Waals surface area contributed by atoms with E-state index >= 15 is 0 Å². The molecule has 6 heteroatoms. The Balaban J connectivity index is 2.14. The van der Waals surface area contributed by atoms with Crippen LogP contribution in [-0.4, -0.2) is 19.2 Å². The Hall–Kier alpha value is -2.76. The van der Waals surface area contributed by atoms with Crippen LogP contribution in [0, 0.1) is 0 Å². The van der Waals surface area contributed by atoms with Gasteiger partial charge < -0.3 is 18.6 Å². The van der Waals surface area contributed by atoms with Crippen molar-refractivity contribution in [3.63, 3.8) is 0 Å². The third-order valence-corrected chi connectivity index (χ3v) is 5.24. The molecular weight excluding hydrogens is 420 g/mol. The van der Waals surface area contributed by atoms with Gasteiger partial charge in [0.1, 0.15) is 0 Å². The van der Waals surface area contributed by atoms with Crippen LogP contribution >= 0.6 is 0 Å². The number of para-hydroxylation sites is 1. The van der Waals surface area contributed by atoms with E-state index in [-0.39, 0.29) is 17.1 Å². The molecule has 0 unspecified atom stereocenters. The topological polar surface area (TPSA) is 75.0 Å². The molecule has 0 aliphatic rings. The van der Waals surface area contributed by atoms with Crippen molar-refractivity contribution in [1.29, 1.82) is 0 Å². The number of ether oxygens (including phenoxy) is 3. The highest BCUT2D eigenvalue weighted by atomic mass is 16.5. The first-order valence-electron chi connectivity index (χ1n) is 12.3. The minimum atomic E-state index is -0.646. The molecule has 0 aliphatic heterocycles. The molecule has 0 spiro atoms. The summed E-state index contributed by atoms with van der Waals surface area (Å²) in [6.07, 6.45) is 15.2. The van der Waals surface area contributed by atoms with E-state index in [4.69, 9.17) is 18.6 Å². The van der Waals surface area contributed by atoms with Gasteiger partial charge in [-0.15, -0.1) is 0 Å². The molecule has 0 fully saturated rings. The van der Waals surface area contributed by atoms with Crippen LogP contribution in [0.15, 0.2) is 39.6 Å². The smallest absolute Gasteiger partial charge is 0.383 e. The Morgan fingerprint density at radius 1 is 0.909 bits per heavy atom. The molecule has 0 N–H and O–H groups in total. The molecule has 0 saturated carbocycles. The average Bonchev–Trinajstić information content (AvgIpc) is 2.79. The van der Waals surface area contributed by atoms with Crippen molar-refractivity contribution >= 4 is 16.9 Å². The maximum atomic E-state index is 12.7. The van der Waals surface area contributed by atoms with Gasteiger partial charge in [0.25, 0.3) is 0 Å². The standard InChI is InChI=1S/C27H38O6/c1-4-6-8-10-11-12-13-15-19-30-25-22-17-16-18-23(32-21(3)28)24(22)33-27(29)26(25)31-20-14-9-7-5-2/h7,9,16-18H,4-6,8,10-15,19-20H2,1-3H3. The Labute approximate surface area is 196 Å². The molecule has 6 nitrogen and oxygen atoms in total. The molecule has 1 heterocycles. The number of rotatable bonds is 16.